The second-order valence-corrected chi connectivity index (χ2v) is 5.76. The summed E-state index contributed by atoms with van der Waals surface area (Å²) in [6.45, 7) is 4.38. The monoisotopic (exact) mass is 291 g/mol. The van der Waals surface area contributed by atoms with Crippen LogP contribution in [-0.4, -0.2) is 13.7 Å². The number of thiophene rings is 1. The average Bonchev–Trinajstić information content (AvgIpc) is 2.92. The molecule has 0 unspecified atom stereocenters. The predicted octanol–water partition coefficient (Wildman–Crippen LogP) is 3.84. The Labute approximate surface area is 124 Å². The van der Waals surface area contributed by atoms with Gasteiger partial charge in [-0.3, -0.25) is 0 Å². The molecule has 0 aliphatic rings. The van der Waals surface area contributed by atoms with Gasteiger partial charge in [-0.2, -0.15) is 0 Å². The van der Waals surface area contributed by atoms with Crippen molar-refractivity contribution >= 4 is 11.3 Å². The van der Waals surface area contributed by atoms with Crippen LogP contribution in [0.25, 0.3) is 0 Å². The maximum atomic E-state index is 5.78. The molecule has 0 atom stereocenters. The molecule has 0 radical (unpaired) electrons. The fourth-order valence-corrected chi connectivity index (χ4v) is 2.72. The Balaban J connectivity index is 1.83. The molecule has 4 heteroatoms. The lowest BCUT2D eigenvalue weighted by Gasteiger charge is -2.07. The first-order valence-corrected chi connectivity index (χ1v) is 7.71. The highest BCUT2D eigenvalue weighted by molar-refractivity contribution is 7.11. The highest BCUT2D eigenvalue weighted by Crippen LogP contribution is 2.21. The lowest BCUT2D eigenvalue weighted by Crippen LogP contribution is -2.02. The number of benzene rings is 1. The van der Waals surface area contributed by atoms with Gasteiger partial charge in [0, 0.05) is 16.3 Å². The Hall–Kier alpha value is -1.52. The average molecular weight is 291 g/mol. The molecule has 0 spiro atoms. The van der Waals surface area contributed by atoms with Gasteiger partial charge in [0.25, 0.3) is 0 Å². The molecule has 0 saturated heterocycles. The van der Waals surface area contributed by atoms with Crippen LogP contribution in [0.2, 0.25) is 0 Å². The molecule has 20 heavy (non-hydrogen) atoms. The van der Waals surface area contributed by atoms with Crippen molar-refractivity contribution in [1.82, 2.24) is 5.32 Å². The van der Waals surface area contributed by atoms with Gasteiger partial charge in [0.05, 0.1) is 6.61 Å². The van der Waals surface area contributed by atoms with E-state index in [2.05, 4.69) is 24.4 Å². The summed E-state index contributed by atoms with van der Waals surface area (Å²) in [5, 5.41) is 3.15. The van der Waals surface area contributed by atoms with Crippen LogP contribution in [0.5, 0.6) is 11.5 Å². The predicted molar refractivity (Wildman–Crippen MR) is 83.6 cm³/mol. The van der Waals surface area contributed by atoms with Crippen LogP contribution >= 0.6 is 11.3 Å². The Kier molecular flexibility index (Phi) is 5.89. The van der Waals surface area contributed by atoms with Gasteiger partial charge >= 0.3 is 0 Å². The molecule has 0 fully saturated rings. The van der Waals surface area contributed by atoms with Crippen LogP contribution in [-0.2, 0) is 13.2 Å². The van der Waals surface area contributed by atoms with Gasteiger partial charge in [-0.05, 0) is 49.9 Å². The van der Waals surface area contributed by atoms with Gasteiger partial charge in [-0.15, -0.1) is 11.3 Å². The smallest absolute Gasteiger partial charge is 0.122 e. The zero-order chi connectivity index (χ0) is 14.2. The first kappa shape index (κ1) is 14.9. The summed E-state index contributed by atoms with van der Waals surface area (Å²) in [5.74, 6) is 1.77. The largest absolute Gasteiger partial charge is 0.494 e. The highest BCUT2D eigenvalue weighted by Gasteiger charge is 2.01. The number of rotatable bonds is 8. The fourth-order valence-electron chi connectivity index (χ4n) is 1.78. The van der Waals surface area contributed by atoms with E-state index in [1.54, 1.807) is 11.3 Å². The summed E-state index contributed by atoms with van der Waals surface area (Å²) >= 11 is 1.78. The Morgan fingerprint density at radius 2 is 1.60 bits per heavy atom. The van der Waals surface area contributed by atoms with Gasteiger partial charge in [-0.25, -0.2) is 0 Å². The fraction of sp³-hybridized carbons (Fsp3) is 0.375. The molecule has 0 amide bonds. The van der Waals surface area contributed by atoms with Gasteiger partial charge < -0.3 is 14.8 Å². The first-order chi connectivity index (χ1) is 9.81. The summed E-state index contributed by atoms with van der Waals surface area (Å²) in [6, 6.07) is 12.1. The SMILES string of the molecule is CCCOc1ccc(OCc2ccc(CNC)s2)cc1. The normalized spacial score (nSPS) is 10.5. The molecule has 108 valence electrons. The molecule has 1 aromatic carbocycles. The van der Waals surface area contributed by atoms with Crippen molar-refractivity contribution < 1.29 is 9.47 Å². The van der Waals surface area contributed by atoms with Crippen LogP contribution in [0.1, 0.15) is 23.1 Å². The minimum Gasteiger partial charge on any atom is -0.494 e. The third-order valence-electron chi connectivity index (χ3n) is 2.75. The first-order valence-electron chi connectivity index (χ1n) is 6.89. The summed E-state index contributed by atoms with van der Waals surface area (Å²) in [7, 11) is 1.96. The minimum absolute atomic E-state index is 0.615. The summed E-state index contributed by atoms with van der Waals surface area (Å²) < 4.78 is 11.3. The van der Waals surface area contributed by atoms with Gasteiger partial charge in [0.15, 0.2) is 0 Å². The maximum Gasteiger partial charge on any atom is 0.122 e. The van der Waals surface area contributed by atoms with Crippen LogP contribution in [0.3, 0.4) is 0 Å². The van der Waals surface area contributed by atoms with E-state index in [9.17, 15) is 0 Å². The Morgan fingerprint density at radius 3 is 2.25 bits per heavy atom. The van der Waals surface area contributed by atoms with Crippen molar-refractivity contribution in [3.05, 3.63) is 46.2 Å². The zero-order valence-corrected chi connectivity index (χ0v) is 12.8. The molecular formula is C16H21NO2S. The van der Waals surface area contributed by atoms with Crippen molar-refractivity contribution in [1.29, 1.82) is 0 Å². The van der Waals surface area contributed by atoms with E-state index in [0.717, 1.165) is 31.1 Å². The van der Waals surface area contributed by atoms with Crippen LogP contribution < -0.4 is 14.8 Å². The Bertz CT molecular complexity index is 507. The van der Waals surface area contributed by atoms with Crippen LogP contribution in [0, 0.1) is 0 Å². The van der Waals surface area contributed by atoms with E-state index >= 15 is 0 Å². The zero-order valence-electron chi connectivity index (χ0n) is 12.0. The topological polar surface area (TPSA) is 30.5 Å². The molecule has 2 aromatic rings. The van der Waals surface area contributed by atoms with E-state index in [1.165, 1.54) is 9.75 Å². The number of hydrogen-bond acceptors (Lipinski definition) is 4. The molecule has 1 N–H and O–H groups in total. The van der Waals surface area contributed by atoms with Crippen molar-refractivity contribution in [2.75, 3.05) is 13.7 Å². The van der Waals surface area contributed by atoms with Gasteiger partial charge in [-0.1, -0.05) is 6.92 Å². The molecule has 1 aromatic heterocycles. The molecule has 0 bridgehead atoms. The molecule has 3 nitrogen and oxygen atoms in total. The van der Waals surface area contributed by atoms with Crippen molar-refractivity contribution in [3.8, 4) is 11.5 Å². The van der Waals surface area contributed by atoms with Crippen molar-refractivity contribution in [2.45, 2.75) is 26.5 Å². The Morgan fingerprint density at radius 1 is 0.950 bits per heavy atom. The second-order valence-electron chi connectivity index (χ2n) is 4.51. The third kappa shape index (κ3) is 4.54. The third-order valence-corrected chi connectivity index (χ3v) is 3.80. The van der Waals surface area contributed by atoms with E-state index in [4.69, 9.17) is 9.47 Å². The maximum absolute atomic E-state index is 5.78. The highest BCUT2D eigenvalue weighted by atomic mass is 32.1. The van der Waals surface area contributed by atoms with E-state index in [1.807, 2.05) is 31.3 Å². The lowest BCUT2D eigenvalue weighted by molar-refractivity contribution is 0.304. The van der Waals surface area contributed by atoms with E-state index in [0.29, 0.717) is 6.61 Å². The van der Waals surface area contributed by atoms with Crippen LogP contribution in [0.15, 0.2) is 36.4 Å². The molecule has 0 saturated carbocycles. The quantitative estimate of drug-likeness (QED) is 0.801. The van der Waals surface area contributed by atoms with E-state index < -0.39 is 0 Å². The van der Waals surface area contributed by atoms with E-state index in [-0.39, 0.29) is 0 Å². The lowest BCUT2D eigenvalue weighted by atomic mass is 10.3. The van der Waals surface area contributed by atoms with Gasteiger partial charge in [0.2, 0.25) is 0 Å². The van der Waals surface area contributed by atoms with Crippen molar-refractivity contribution in [2.24, 2.45) is 0 Å². The number of hydrogen-bond donors (Lipinski definition) is 1. The number of nitrogens with one attached hydrogen (secondary N) is 1. The molecule has 1 heterocycles. The summed E-state index contributed by atoms with van der Waals surface area (Å²) in [4.78, 5) is 2.57. The minimum atomic E-state index is 0.615. The summed E-state index contributed by atoms with van der Waals surface area (Å²) in [5.41, 5.74) is 0. The molecule has 0 aliphatic heterocycles. The van der Waals surface area contributed by atoms with Gasteiger partial charge in [0.1, 0.15) is 18.1 Å². The molecule has 2 rings (SSSR count). The van der Waals surface area contributed by atoms with Crippen LogP contribution in [0.4, 0.5) is 0 Å². The molecule has 0 aliphatic carbocycles. The molecular weight excluding hydrogens is 270 g/mol. The standard InChI is InChI=1S/C16H21NO2S/c1-3-10-18-13-4-6-14(7-5-13)19-12-16-9-8-15(20-16)11-17-2/h4-9,17H,3,10-12H2,1-2H3. The van der Waals surface area contributed by atoms with Crippen molar-refractivity contribution in [3.63, 3.8) is 0 Å². The second kappa shape index (κ2) is 7.92. The summed E-state index contributed by atoms with van der Waals surface area (Å²) in [6.07, 6.45) is 1.02. The number of ether oxygens (including phenoxy) is 2.